The van der Waals surface area contributed by atoms with E-state index < -0.39 is 8.60 Å². The summed E-state index contributed by atoms with van der Waals surface area (Å²) in [6.07, 6.45) is 50.2. The van der Waals surface area contributed by atoms with Gasteiger partial charge in [-0.2, -0.15) is 0 Å². The smallest absolute Gasteiger partial charge is 0.397 e. The minimum atomic E-state index is -1.44. The highest BCUT2D eigenvalue weighted by atomic mass is 31.2. The van der Waals surface area contributed by atoms with Gasteiger partial charge in [0.25, 0.3) is 0 Å². The Labute approximate surface area is 376 Å². The average Bonchev–Trinajstić information content (AvgIpc) is 3.26. The molecule has 1 rings (SSSR count). The second-order valence-corrected chi connectivity index (χ2v) is 19.2. The number of para-hydroxylation sites is 1. The average molecular weight is 863 g/mol. The van der Waals surface area contributed by atoms with Crippen molar-refractivity contribution in [1.29, 1.82) is 0 Å². The first-order valence-electron chi connectivity index (χ1n) is 26.8. The molecule has 5 nitrogen and oxygen atoms in total. The Morgan fingerprint density at radius 2 is 0.617 bits per heavy atom. The van der Waals surface area contributed by atoms with Gasteiger partial charge < -0.3 is 23.0 Å². The highest BCUT2D eigenvalue weighted by Crippen LogP contribution is 2.41. The molecule has 0 saturated heterocycles. The Morgan fingerprint density at radius 1 is 0.333 bits per heavy atom. The zero-order chi connectivity index (χ0) is 43.1. The Hall–Kier alpha value is -0.710. The van der Waals surface area contributed by atoms with Crippen molar-refractivity contribution in [1.82, 2.24) is 0 Å². The van der Waals surface area contributed by atoms with E-state index in [9.17, 15) is 0 Å². The number of rotatable bonds is 50. The molecule has 0 amide bonds. The van der Waals surface area contributed by atoms with Crippen LogP contribution in [0.15, 0.2) is 30.3 Å². The first kappa shape index (κ1) is 57.3. The fourth-order valence-electron chi connectivity index (χ4n) is 8.14. The minimum absolute atomic E-state index is 0.377. The Morgan fingerprint density at radius 3 is 0.967 bits per heavy atom. The van der Waals surface area contributed by atoms with Crippen molar-refractivity contribution in [2.75, 3.05) is 26.4 Å². The molecule has 1 aromatic carbocycles. The van der Waals surface area contributed by atoms with Crippen LogP contribution in [0.3, 0.4) is 0 Å². The van der Waals surface area contributed by atoms with Gasteiger partial charge in [-0.1, -0.05) is 226 Å². The Balaban J connectivity index is 2.45. The molecule has 2 atom stereocenters. The highest BCUT2D eigenvalue weighted by molar-refractivity contribution is 7.42. The van der Waals surface area contributed by atoms with E-state index in [0.717, 1.165) is 57.5 Å². The number of benzene rings is 1. The molecule has 0 aromatic heterocycles. The SMILES string of the molecule is CCCCCCCCCCCCOC(CCCCCCC)CCCCOP(OCCCCC(CCCCCCC)OCCCCCCCCCCCC)Oc1ccccc1. The maximum atomic E-state index is 6.52. The van der Waals surface area contributed by atoms with Crippen LogP contribution in [-0.4, -0.2) is 38.6 Å². The molecular formula is C54H103O5P. The van der Waals surface area contributed by atoms with Crippen molar-refractivity contribution in [3.05, 3.63) is 30.3 Å². The molecule has 0 bridgehead atoms. The number of ether oxygens (including phenoxy) is 2. The van der Waals surface area contributed by atoms with E-state index in [2.05, 4.69) is 27.7 Å². The second kappa shape index (κ2) is 47.8. The zero-order valence-corrected chi connectivity index (χ0v) is 41.6. The lowest BCUT2D eigenvalue weighted by molar-refractivity contribution is 0.0348. The van der Waals surface area contributed by atoms with Crippen LogP contribution >= 0.6 is 8.60 Å². The molecule has 0 N–H and O–H groups in total. The third-order valence-electron chi connectivity index (χ3n) is 12.1. The van der Waals surface area contributed by atoms with Gasteiger partial charge in [0, 0.05) is 13.2 Å². The molecule has 6 heteroatoms. The lowest BCUT2D eigenvalue weighted by atomic mass is 10.0. The van der Waals surface area contributed by atoms with E-state index in [1.54, 1.807) is 0 Å². The number of unbranched alkanes of at least 4 members (excludes halogenated alkanes) is 28. The number of hydrogen-bond donors (Lipinski definition) is 0. The van der Waals surface area contributed by atoms with E-state index in [4.69, 9.17) is 23.0 Å². The van der Waals surface area contributed by atoms with Gasteiger partial charge in [-0.3, -0.25) is 0 Å². The molecule has 2 unspecified atom stereocenters. The summed E-state index contributed by atoms with van der Waals surface area (Å²) < 4.78 is 31.9. The van der Waals surface area contributed by atoms with Crippen molar-refractivity contribution < 1.29 is 23.0 Å². The number of hydrogen-bond acceptors (Lipinski definition) is 5. The van der Waals surface area contributed by atoms with Gasteiger partial charge in [-0.05, 0) is 76.3 Å². The Bertz CT molecular complexity index is 880. The maximum Gasteiger partial charge on any atom is 0.397 e. The molecule has 0 radical (unpaired) electrons. The topological polar surface area (TPSA) is 46.2 Å². The monoisotopic (exact) mass is 863 g/mol. The molecule has 354 valence electrons. The third-order valence-corrected chi connectivity index (χ3v) is 13.3. The first-order chi connectivity index (χ1) is 29.7. The van der Waals surface area contributed by atoms with Crippen LogP contribution in [0.5, 0.6) is 5.75 Å². The standard InChI is InChI=1S/C54H103O5P/c1-5-9-13-17-19-21-23-25-29-38-48-55-52(42-32-27-15-11-7-3)44-36-40-50-57-60(59-54-46-34-31-35-47-54)58-51-41-37-45-53(43-33-28-16-12-8-4)56-49-39-30-26-24-22-20-18-14-10-6-2/h31,34-35,46-47,52-53H,5-30,32-33,36-45,48-51H2,1-4H3. The van der Waals surface area contributed by atoms with E-state index in [1.807, 2.05) is 30.3 Å². The molecule has 0 heterocycles. The van der Waals surface area contributed by atoms with Gasteiger partial charge in [0.1, 0.15) is 5.75 Å². The van der Waals surface area contributed by atoms with Crippen LogP contribution in [0.4, 0.5) is 0 Å². The van der Waals surface area contributed by atoms with Crippen molar-refractivity contribution in [2.45, 2.75) is 284 Å². The van der Waals surface area contributed by atoms with E-state index in [-0.39, 0.29) is 0 Å². The fraction of sp³-hybridized carbons (Fsp3) is 0.889. The predicted molar refractivity (Wildman–Crippen MR) is 264 cm³/mol. The van der Waals surface area contributed by atoms with Crippen molar-refractivity contribution in [2.24, 2.45) is 0 Å². The van der Waals surface area contributed by atoms with Gasteiger partial charge in [-0.15, -0.1) is 0 Å². The van der Waals surface area contributed by atoms with Crippen molar-refractivity contribution in [3.63, 3.8) is 0 Å². The van der Waals surface area contributed by atoms with Crippen molar-refractivity contribution >= 4 is 8.60 Å². The normalized spacial score (nSPS) is 13.2. The molecule has 0 saturated carbocycles. The van der Waals surface area contributed by atoms with Crippen LogP contribution in [0, 0.1) is 0 Å². The van der Waals surface area contributed by atoms with E-state index in [1.165, 1.54) is 205 Å². The summed E-state index contributed by atoms with van der Waals surface area (Å²) in [7, 11) is -1.44. The lowest BCUT2D eigenvalue weighted by Gasteiger charge is -2.20. The van der Waals surface area contributed by atoms with E-state index >= 15 is 0 Å². The lowest BCUT2D eigenvalue weighted by Crippen LogP contribution is -2.14. The van der Waals surface area contributed by atoms with Gasteiger partial charge in [0.05, 0.1) is 25.4 Å². The summed E-state index contributed by atoms with van der Waals surface area (Å²) in [4.78, 5) is 0. The van der Waals surface area contributed by atoms with Crippen LogP contribution in [0.1, 0.15) is 272 Å². The van der Waals surface area contributed by atoms with Crippen molar-refractivity contribution in [3.8, 4) is 5.75 Å². The fourth-order valence-corrected chi connectivity index (χ4v) is 9.17. The third kappa shape index (κ3) is 40.1. The molecule has 0 fully saturated rings. The maximum absolute atomic E-state index is 6.52. The summed E-state index contributed by atoms with van der Waals surface area (Å²) in [5.41, 5.74) is 0. The molecule has 0 aliphatic rings. The molecule has 0 spiro atoms. The van der Waals surface area contributed by atoms with Gasteiger partial charge in [-0.25, -0.2) is 0 Å². The zero-order valence-electron chi connectivity index (χ0n) is 40.7. The largest absolute Gasteiger partial charge is 0.427 e. The minimum Gasteiger partial charge on any atom is -0.427 e. The summed E-state index contributed by atoms with van der Waals surface area (Å²) >= 11 is 0. The summed E-state index contributed by atoms with van der Waals surface area (Å²) in [5.74, 6) is 0.815. The quantitative estimate of drug-likeness (QED) is 0.0482. The molecule has 1 aromatic rings. The van der Waals surface area contributed by atoms with Gasteiger partial charge in [0.15, 0.2) is 0 Å². The second-order valence-electron chi connectivity index (χ2n) is 18.0. The predicted octanol–water partition coefficient (Wildman–Crippen LogP) is 19.0. The first-order valence-corrected chi connectivity index (χ1v) is 27.8. The molecule has 60 heavy (non-hydrogen) atoms. The summed E-state index contributed by atoms with van der Waals surface area (Å²) in [5, 5.41) is 0. The van der Waals surface area contributed by atoms with Gasteiger partial charge >= 0.3 is 8.60 Å². The van der Waals surface area contributed by atoms with Crippen LogP contribution < -0.4 is 4.52 Å². The summed E-state index contributed by atoms with van der Waals surface area (Å²) in [6.45, 7) is 12.3. The van der Waals surface area contributed by atoms with Crippen LogP contribution in [0.25, 0.3) is 0 Å². The van der Waals surface area contributed by atoms with Gasteiger partial charge in [0.2, 0.25) is 0 Å². The summed E-state index contributed by atoms with van der Waals surface area (Å²) in [6, 6.07) is 10.0. The highest BCUT2D eigenvalue weighted by Gasteiger charge is 2.16. The molecular weight excluding hydrogens is 760 g/mol. The van der Waals surface area contributed by atoms with Crippen LogP contribution in [0.2, 0.25) is 0 Å². The van der Waals surface area contributed by atoms with Crippen LogP contribution in [-0.2, 0) is 18.5 Å². The Kier molecular flexibility index (Phi) is 45.6. The molecule has 0 aliphatic carbocycles. The van der Waals surface area contributed by atoms with E-state index in [0.29, 0.717) is 25.4 Å². The molecule has 0 aliphatic heterocycles.